The van der Waals surface area contributed by atoms with Crippen molar-refractivity contribution in [1.29, 1.82) is 0 Å². The normalized spacial score (nSPS) is 11.6. The van der Waals surface area contributed by atoms with E-state index in [1.807, 2.05) is 48.5 Å². The predicted octanol–water partition coefficient (Wildman–Crippen LogP) is 3.34. The van der Waals surface area contributed by atoms with E-state index >= 15 is 0 Å². The molecule has 1 amide bonds. The van der Waals surface area contributed by atoms with Gasteiger partial charge in [0, 0.05) is 12.1 Å². The fraction of sp³-hybridized carbons (Fsp3) is 0.316. The van der Waals surface area contributed by atoms with E-state index in [-0.39, 0.29) is 5.91 Å². The predicted molar refractivity (Wildman–Crippen MR) is 90.8 cm³/mol. The van der Waals surface area contributed by atoms with Crippen molar-refractivity contribution in [1.82, 2.24) is 5.32 Å². The smallest absolute Gasteiger partial charge is 0.261 e. The first-order valence-corrected chi connectivity index (χ1v) is 7.79. The van der Waals surface area contributed by atoms with Crippen LogP contribution in [0.15, 0.2) is 48.5 Å². The Morgan fingerprint density at radius 2 is 1.65 bits per heavy atom. The highest BCUT2D eigenvalue weighted by Crippen LogP contribution is 2.20. The van der Waals surface area contributed by atoms with E-state index in [0.29, 0.717) is 6.54 Å². The molecule has 0 spiro atoms. The van der Waals surface area contributed by atoms with Crippen molar-refractivity contribution in [3.05, 3.63) is 59.7 Å². The molecule has 0 radical (unpaired) electrons. The first-order chi connectivity index (χ1) is 11.2. The van der Waals surface area contributed by atoms with Gasteiger partial charge in [-0.1, -0.05) is 43.3 Å². The van der Waals surface area contributed by atoms with Gasteiger partial charge in [0.1, 0.15) is 11.5 Å². The van der Waals surface area contributed by atoms with Crippen LogP contribution in [-0.2, 0) is 17.8 Å². The molecule has 0 fully saturated rings. The van der Waals surface area contributed by atoms with E-state index in [0.717, 1.165) is 29.0 Å². The molecule has 0 aliphatic carbocycles. The molecular formula is C19H23NO3. The zero-order valence-corrected chi connectivity index (χ0v) is 13.8. The molecule has 1 N–H and O–H groups in total. The van der Waals surface area contributed by atoms with Crippen LogP contribution in [0.5, 0.6) is 11.5 Å². The Hall–Kier alpha value is -2.49. The van der Waals surface area contributed by atoms with Crippen LogP contribution in [0, 0.1) is 0 Å². The molecule has 0 heterocycles. The molecule has 2 aromatic rings. The van der Waals surface area contributed by atoms with Crippen molar-refractivity contribution in [2.45, 2.75) is 32.9 Å². The summed E-state index contributed by atoms with van der Waals surface area (Å²) >= 11 is 0. The Balaban J connectivity index is 1.95. The van der Waals surface area contributed by atoms with Gasteiger partial charge < -0.3 is 14.8 Å². The van der Waals surface area contributed by atoms with E-state index in [2.05, 4.69) is 12.2 Å². The summed E-state index contributed by atoms with van der Waals surface area (Å²) in [4.78, 5) is 12.2. The molecule has 0 saturated carbocycles. The Morgan fingerprint density at radius 3 is 2.30 bits per heavy atom. The number of rotatable bonds is 7. The summed E-state index contributed by atoms with van der Waals surface area (Å²) < 4.78 is 11.1. The maximum atomic E-state index is 12.2. The first-order valence-electron chi connectivity index (χ1n) is 7.79. The van der Waals surface area contributed by atoms with Crippen LogP contribution < -0.4 is 14.8 Å². The Morgan fingerprint density at radius 1 is 1.04 bits per heavy atom. The molecule has 0 unspecified atom stereocenters. The average Bonchev–Trinajstić information content (AvgIpc) is 2.60. The lowest BCUT2D eigenvalue weighted by atomic mass is 10.1. The molecular weight excluding hydrogens is 290 g/mol. The van der Waals surface area contributed by atoms with Gasteiger partial charge in [0.05, 0.1) is 7.11 Å². The lowest BCUT2D eigenvalue weighted by Crippen LogP contribution is -2.36. The minimum atomic E-state index is -0.558. The molecule has 0 saturated heterocycles. The summed E-state index contributed by atoms with van der Waals surface area (Å²) in [6, 6.07) is 15.4. The summed E-state index contributed by atoms with van der Waals surface area (Å²) in [5.41, 5.74) is 2.03. The van der Waals surface area contributed by atoms with Gasteiger partial charge in [-0.15, -0.1) is 0 Å². The highest BCUT2D eigenvalue weighted by atomic mass is 16.5. The minimum Gasteiger partial charge on any atom is -0.496 e. The van der Waals surface area contributed by atoms with Gasteiger partial charge in [-0.25, -0.2) is 0 Å². The maximum absolute atomic E-state index is 12.2. The van der Waals surface area contributed by atoms with E-state index in [1.54, 1.807) is 14.0 Å². The fourth-order valence-electron chi connectivity index (χ4n) is 2.33. The number of methoxy groups -OCH3 is 1. The van der Waals surface area contributed by atoms with Crippen molar-refractivity contribution in [2.75, 3.05) is 7.11 Å². The van der Waals surface area contributed by atoms with Gasteiger partial charge >= 0.3 is 0 Å². The molecule has 23 heavy (non-hydrogen) atoms. The number of ether oxygens (including phenoxy) is 2. The third kappa shape index (κ3) is 4.49. The zero-order valence-electron chi connectivity index (χ0n) is 13.8. The van der Waals surface area contributed by atoms with Gasteiger partial charge in [0.2, 0.25) is 0 Å². The fourth-order valence-corrected chi connectivity index (χ4v) is 2.33. The van der Waals surface area contributed by atoms with Gasteiger partial charge in [0.25, 0.3) is 5.91 Å². The standard InChI is InChI=1S/C19H23NO3/c1-4-15-9-5-8-12-18(15)23-14(2)19(21)20-13-16-10-6-7-11-17(16)22-3/h5-12,14H,4,13H2,1-3H3,(H,20,21)/t14-/m0/s1. The summed E-state index contributed by atoms with van der Waals surface area (Å²) in [6.07, 6.45) is 0.309. The van der Waals surface area contributed by atoms with Gasteiger partial charge in [-0.2, -0.15) is 0 Å². The van der Waals surface area contributed by atoms with E-state index in [1.165, 1.54) is 0 Å². The summed E-state index contributed by atoms with van der Waals surface area (Å²) in [7, 11) is 1.62. The van der Waals surface area contributed by atoms with Crippen LogP contribution in [0.25, 0.3) is 0 Å². The Bertz CT molecular complexity index is 655. The number of hydrogen-bond donors (Lipinski definition) is 1. The molecule has 4 nitrogen and oxygen atoms in total. The lowest BCUT2D eigenvalue weighted by Gasteiger charge is -2.17. The van der Waals surface area contributed by atoms with E-state index < -0.39 is 6.10 Å². The molecule has 0 aliphatic rings. The number of carbonyl (C=O) groups is 1. The monoisotopic (exact) mass is 313 g/mol. The van der Waals surface area contributed by atoms with Gasteiger partial charge in [-0.05, 0) is 31.0 Å². The van der Waals surface area contributed by atoms with Crippen molar-refractivity contribution in [3.63, 3.8) is 0 Å². The third-order valence-corrected chi connectivity index (χ3v) is 3.67. The largest absolute Gasteiger partial charge is 0.496 e. The maximum Gasteiger partial charge on any atom is 0.261 e. The van der Waals surface area contributed by atoms with Crippen molar-refractivity contribution < 1.29 is 14.3 Å². The van der Waals surface area contributed by atoms with Crippen molar-refractivity contribution in [3.8, 4) is 11.5 Å². The molecule has 1 atom stereocenters. The molecule has 0 aliphatic heterocycles. The number of nitrogens with one attached hydrogen (secondary N) is 1. The number of aryl methyl sites for hydroxylation is 1. The number of hydrogen-bond acceptors (Lipinski definition) is 3. The number of benzene rings is 2. The van der Waals surface area contributed by atoms with Crippen LogP contribution in [0.2, 0.25) is 0 Å². The van der Waals surface area contributed by atoms with E-state index in [4.69, 9.17) is 9.47 Å². The van der Waals surface area contributed by atoms with Crippen molar-refractivity contribution >= 4 is 5.91 Å². The summed E-state index contributed by atoms with van der Waals surface area (Å²) in [5.74, 6) is 1.37. The molecule has 2 aromatic carbocycles. The SMILES string of the molecule is CCc1ccccc1O[C@@H](C)C(=O)NCc1ccccc1OC. The zero-order chi connectivity index (χ0) is 16.7. The summed E-state index contributed by atoms with van der Waals surface area (Å²) in [5, 5.41) is 2.89. The van der Waals surface area contributed by atoms with Crippen LogP contribution in [0.4, 0.5) is 0 Å². The topological polar surface area (TPSA) is 47.6 Å². The molecule has 0 aromatic heterocycles. The van der Waals surface area contributed by atoms with E-state index in [9.17, 15) is 4.79 Å². The highest BCUT2D eigenvalue weighted by molar-refractivity contribution is 5.80. The highest BCUT2D eigenvalue weighted by Gasteiger charge is 2.16. The number of amides is 1. The van der Waals surface area contributed by atoms with Crippen molar-refractivity contribution in [2.24, 2.45) is 0 Å². The quantitative estimate of drug-likeness (QED) is 0.853. The second kappa shape index (κ2) is 8.22. The average molecular weight is 313 g/mol. The molecule has 4 heteroatoms. The second-order valence-corrected chi connectivity index (χ2v) is 5.25. The second-order valence-electron chi connectivity index (χ2n) is 5.25. The van der Waals surface area contributed by atoms with Crippen LogP contribution in [0.1, 0.15) is 25.0 Å². The minimum absolute atomic E-state index is 0.151. The number of carbonyl (C=O) groups excluding carboxylic acids is 1. The Kier molecular flexibility index (Phi) is 6.03. The Labute approximate surface area is 137 Å². The molecule has 122 valence electrons. The van der Waals surface area contributed by atoms with Gasteiger partial charge in [-0.3, -0.25) is 4.79 Å². The molecule has 2 rings (SSSR count). The number of para-hydroxylation sites is 2. The first kappa shape index (κ1) is 16.9. The summed E-state index contributed by atoms with van der Waals surface area (Å²) in [6.45, 7) is 4.23. The third-order valence-electron chi connectivity index (χ3n) is 3.67. The van der Waals surface area contributed by atoms with Gasteiger partial charge in [0.15, 0.2) is 6.10 Å². The lowest BCUT2D eigenvalue weighted by molar-refractivity contribution is -0.127. The van der Waals surface area contributed by atoms with Crippen LogP contribution in [0.3, 0.4) is 0 Å². The molecule has 0 bridgehead atoms. The van der Waals surface area contributed by atoms with Crippen LogP contribution in [-0.4, -0.2) is 19.1 Å². The van der Waals surface area contributed by atoms with Crippen LogP contribution >= 0.6 is 0 Å².